The molecule has 1 aliphatic heterocycles. The highest BCUT2D eigenvalue weighted by molar-refractivity contribution is 7.86. The first kappa shape index (κ1) is 14.2. The lowest BCUT2D eigenvalue weighted by Gasteiger charge is -2.25. The topological polar surface area (TPSA) is 99.2 Å². The largest absolute Gasteiger partial charge is 0.409 e. The van der Waals surface area contributed by atoms with Crippen molar-refractivity contribution >= 4 is 16.0 Å². The summed E-state index contributed by atoms with van der Waals surface area (Å²) in [5, 5.41) is 11.2. The van der Waals surface area contributed by atoms with Crippen LogP contribution >= 0.6 is 0 Å². The van der Waals surface area contributed by atoms with E-state index in [1.54, 1.807) is 0 Å². The van der Waals surface area contributed by atoms with E-state index < -0.39 is 10.2 Å². The van der Waals surface area contributed by atoms with E-state index in [1.165, 1.54) is 11.4 Å². The average molecular weight is 264 g/mol. The van der Waals surface area contributed by atoms with Gasteiger partial charge in [-0.25, -0.2) is 0 Å². The van der Waals surface area contributed by atoms with Gasteiger partial charge in [0.2, 0.25) is 0 Å². The van der Waals surface area contributed by atoms with Gasteiger partial charge in [-0.3, -0.25) is 0 Å². The Morgan fingerprint density at radius 1 is 1.35 bits per heavy atom. The van der Waals surface area contributed by atoms with Crippen molar-refractivity contribution in [3.63, 3.8) is 0 Å². The first-order valence-electron chi connectivity index (χ1n) is 5.66. The molecule has 1 saturated heterocycles. The molecule has 0 aromatic heterocycles. The molecule has 0 radical (unpaired) electrons. The Bertz CT molecular complexity index is 360. The fourth-order valence-electron chi connectivity index (χ4n) is 1.81. The molecule has 0 atom stereocenters. The number of oxime groups is 1. The molecular formula is C9H20N4O3S. The van der Waals surface area contributed by atoms with Gasteiger partial charge in [-0.2, -0.15) is 17.0 Å². The molecule has 0 aromatic carbocycles. The zero-order valence-corrected chi connectivity index (χ0v) is 10.9. The third kappa shape index (κ3) is 3.83. The molecule has 1 aliphatic rings. The molecule has 1 fully saturated rings. The first-order valence-corrected chi connectivity index (χ1v) is 7.06. The number of rotatable bonds is 4. The molecule has 0 spiro atoms. The summed E-state index contributed by atoms with van der Waals surface area (Å²) in [5.41, 5.74) is 5.31. The predicted octanol–water partition coefficient (Wildman–Crippen LogP) is -0.215. The monoisotopic (exact) mass is 264 g/mol. The molecule has 1 rings (SSSR count). The molecule has 17 heavy (non-hydrogen) atoms. The lowest BCUT2D eigenvalue weighted by atomic mass is 10.2. The Morgan fingerprint density at radius 2 is 1.88 bits per heavy atom. The van der Waals surface area contributed by atoms with Crippen LogP contribution in [0, 0.1) is 0 Å². The fourth-order valence-corrected chi connectivity index (χ4v) is 3.22. The van der Waals surface area contributed by atoms with Crippen molar-refractivity contribution in [1.29, 1.82) is 0 Å². The van der Waals surface area contributed by atoms with Crippen LogP contribution in [0.3, 0.4) is 0 Å². The van der Waals surface area contributed by atoms with Gasteiger partial charge in [0.25, 0.3) is 10.2 Å². The summed E-state index contributed by atoms with van der Waals surface area (Å²) >= 11 is 0. The van der Waals surface area contributed by atoms with Crippen molar-refractivity contribution in [3.05, 3.63) is 0 Å². The maximum atomic E-state index is 12.1. The first-order chi connectivity index (χ1) is 7.98. The Hall–Kier alpha value is -0.860. The highest BCUT2D eigenvalue weighted by Crippen LogP contribution is 2.15. The van der Waals surface area contributed by atoms with Crippen molar-refractivity contribution < 1.29 is 13.6 Å². The van der Waals surface area contributed by atoms with E-state index in [0.29, 0.717) is 13.1 Å². The Balaban J connectivity index is 2.71. The Kier molecular flexibility index (Phi) is 5.16. The summed E-state index contributed by atoms with van der Waals surface area (Å²) in [7, 11) is -2.07. The van der Waals surface area contributed by atoms with Gasteiger partial charge in [-0.05, 0) is 12.8 Å². The van der Waals surface area contributed by atoms with Gasteiger partial charge < -0.3 is 10.9 Å². The van der Waals surface area contributed by atoms with Crippen molar-refractivity contribution in [2.75, 3.05) is 26.7 Å². The Morgan fingerprint density at radius 3 is 2.35 bits per heavy atom. The Labute approximate surface area is 102 Å². The molecule has 0 aliphatic carbocycles. The third-order valence-electron chi connectivity index (χ3n) is 2.80. The van der Waals surface area contributed by atoms with Gasteiger partial charge >= 0.3 is 0 Å². The lowest BCUT2D eigenvalue weighted by molar-refractivity contribution is 0.314. The van der Waals surface area contributed by atoms with Crippen LogP contribution in [0.5, 0.6) is 0 Å². The fraction of sp³-hybridized carbons (Fsp3) is 0.889. The summed E-state index contributed by atoms with van der Waals surface area (Å²) in [5.74, 6) is -0.120. The molecule has 0 bridgehead atoms. The maximum absolute atomic E-state index is 12.1. The highest BCUT2D eigenvalue weighted by atomic mass is 32.2. The van der Waals surface area contributed by atoms with Crippen LogP contribution in [0.1, 0.15) is 25.7 Å². The summed E-state index contributed by atoms with van der Waals surface area (Å²) in [4.78, 5) is 0. The predicted molar refractivity (Wildman–Crippen MR) is 65.0 cm³/mol. The average Bonchev–Trinajstić information content (AvgIpc) is 2.57. The van der Waals surface area contributed by atoms with E-state index in [4.69, 9.17) is 10.9 Å². The second-order valence-electron chi connectivity index (χ2n) is 4.17. The van der Waals surface area contributed by atoms with E-state index >= 15 is 0 Å². The second-order valence-corrected chi connectivity index (χ2v) is 6.20. The number of nitrogens with two attached hydrogens (primary N) is 1. The molecule has 0 amide bonds. The van der Waals surface area contributed by atoms with Crippen LogP contribution in [-0.4, -0.2) is 54.8 Å². The van der Waals surface area contributed by atoms with Crippen molar-refractivity contribution in [2.45, 2.75) is 25.7 Å². The zero-order valence-electron chi connectivity index (χ0n) is 10.0. The minimum absolute atomic E-state index is 0.102. The zero-order chi connectivity index (χ0) is 12.9. The van der Waals surface area contributed by atoms with Crippen LogP contribution in [-0.2, 0) is 10.2 Å². The van der Waals surface area contributed by atoms with Crippen molar-refractivity contribution in [1.82, 2.24) is 8.61 Å². The van der Waals surface area contributed by atoms with E-state index in [9.17, 15) is 8.42 Å². The van der Waals surface area contributed by atoms with Crippen molar-refractivity contribution in [3.8, 4) is 0 Å². The van der Waals surface area contributed by atoms with Gasteiger partial charge in [0.1, 0.15) is 0 Å². The number of nitrogens with zero attached hydrogens (tertiary/aromatic N) is 3. The van der Waals surface area contributed by atoms with Gasteiger partial charge in [0, 0.05) is 20.1 Å². The number of likely N-dealkylation sites (N-methyl/N-ethyl adjacent to an activating group) is 1. The van der Waals surface area contributed by atoms with Gasteiger partial charge in [-0.1, -0.05) is 18.0 Å². The smallest absolute Gasteiger partial charge is 0.282 e. The molecule has 7 nitrogen and oxygen atoms in total. The number of amidine groups is 1. The van der Waals surface area contributed by atoms with E-state index in [1.807, 2.05) is 0 Å². The van der Waals surface area contributed by atoms with Crippen LogP contribution in [0.15, 0.2) is 5.16 Å². The van der Waals surface area contributed by atoms with Gasteiger partial charge in [0.05, 0.1) is 6.54 Å². The van der Waals surface area contributed by atoms with Crippen LogP contribution < -0.4 is 5.73 Å². The minimum Gasteiger partial charge on any atom is -0.409 e. The third-order valence-corrected chi connectivity index (χ3v) is 4.73. The lowest BCUT2D eigenvalue weighted by Crippen LogP contribution is -2.45. The maximum Gasteiger partial charge on any atom is 0.282 e. The highest BCUT2D eigenvalue weighted by Gasteiger charge is 2.27. The van der Waals surface area contributed by atoms with E-state index in [2.05, 4.69) is 5.16 Å². The molecule has 1 heterocycles. The van der Waals surface area contributed by atoms with Crippen molar-refractivity contribution in [2.24, 2.45) is 10.9 Å². The molecular weight excluding hydrogens is 244 g/mol. The minimum atomic E-state index is -3.50. The van der Waals surface area contributed by atoms with E-state index in [0.717, 1.165) is 30.0 Å². The summed E-state index contributed by atoms with van der Waals surface area (Å²) in [6, 6.07) is 0. The van der Waals surface area contributed by atoms with E-state index in [-0.39, 0.29) is 12.4 Å². The van der Waals surface area contributed by atoms with Crippen LogP contribution in [0.4, 0.5) is 0 Å². The van der Waals surface area contributed by atoms with Gasteiger partial charge in [0.15, 0.2) is 5.84 Å². The SMILES string of the molecule is CN(CC(N)=NO)S(=O)(=O)N1CCCCCC1. The molecule has 8 heteroatoms. The summed E-state index contributed by atoms with van der Waals surface area (Å²) in [6.07, 6.45) is 3.90. The number of hydrogen-bond acceptors (Lipinski definition) is 4. The molecule has 100 valence electrons. The normalized spacial score (nSPS) is 20.5. The van der Waals surface area contributed by atoms with Crippen LogP contribution in [0.2, 0.25) is 0 Å². The number of hydrogen-bond donors (Lipinski definition) is 2. The second kappa shape index (κ2) is 6.18. The van der Waals surface area contributed by atoms with Crippen LogP contribution in [0.25, 0.3) is 0 Å². The molecule has 0 aromatic rings. The summed E-state index contributed by atoms with van der Waals surface area (Å²) < 4.78 is 26.9. The quantitative estimate of drug-likeness (QED) is 0.317. The standard InChI is InChI=1S/C9H20N4O3S/c1-12(8-9(10)11-14)17(15,16)13-6-4-2-3-5-7-13/h14H,2-8H2,1H3,(H2,10,11). The summed E-state index contributed by atoms with van der Waals surface area (Å²) in [6.45, 7) is 0.987. The molecule has 3 N–H and O–H groups in total. The van der Waals surface area contributed by atoms with Gasteiger partial charge in [-0.15, -0.1) is 0 Å². The molecule has 0 unspecified atom stereocenters. The molecule has 0 saturated carbocycles.